The third kappa shape index (κ3) is 3.67. The van der Waals surface area contributed by atoms with Crippen LogP contribution in [0.25, 0.3) is 16.7 Å². The van der Waals surface area contributed by atoms with Gasteiger partial charge >= 0.3 is 6.18 Å². The summed E-state index contributed by atoms with van der Waals surface area (Å²) in [6.07, 6.45) is -1.56. The maximum absolute atomic E-state index is 14.9. The molecule has 0 saturated heterocycles. The Morgan fingerprint density at radius 2 is 1.90 bits per heavy atom. The van der Waals surface area contributed by atoms with Gasteiger partial charge in [-0.2, -0.15) is 28.4 Å². The molecule has 3 aromatic heterocycles. The van der Waals surface area contributed by atoms with Crippen LogP contribution in [0.1, 0.15) is 11.3 Å². The average molecular weight is 440 g/mol. The number of rotatable bonds is 4. The van der Waals surface area contributed by atoms with E-state index in [1.54, 1.807) is 26.4 Å². The summed E-state index contributed by atoms with van der Waals surface area (Å²) in [7, 11) is 3.10. The summed E-state index contributed by atoms with van der Waals surface area (Å²) in [6, 6.07) is 5.05. The minimum absolute atomic E-state index is 0.0566. The second kappa shape index (κ2) is 7.24. The van der Waals surface area contributed by atoms with Crippen molar-refractivity contribution in [3.8, 4) is 5.69 Å². The van der Waals surface area contributed by atoms with E-state index in [1.807, 2.05) is 0 Å². The standard InChI is InChI=1S/C18H14ClF4N7/c1-28(2)15-6-14(18(21,22)23)27-30(15)13-4-3-10(5-12(13)20)9-29-16-11(8-25-29)7-24-17(19)26-16/h3-8H,9H2,1-2H3. The highest BCUT2D eigenvalue weighted by Crippen LogP contribution is 2.32. The second-order valence-corrected chi connectivity index (χ2v) is 7.04. The Bertz CT molecular complexity index is 1230. The van der Waals surface area contributed by atoms with Crippen LogP contribution in [0.15, 0.2) is 36.7 Å². The van der Waals surface area contributed by atoms with Gasteiger partial charge in [0, 0.05) is 26.4 Å². The first-order chi connectivity index (χ1) is 14.1. The molecule has 12 heteroatoms. The predicted octanol–water partition coefficient (Wildman–Crippen LogP) is 3.94. The Balaban J connectivity index is 1.70. The summed E-state index contributed by atoms with van der Waals surface area (Å²) in [5.74, 6) is -0.630. The molecule has 0 unspecified atom stereocenters. The van der Waals surface area contributed by atoms with Crippen LogP contribution >= 0.6 is 11.6 Å². The third-order valence-corrected chi connectivity index (χ3v) is 4.54. The molecular formula is C18H14ClF4N7. The van der Waals surface area contributed by atoms with Gasteiger partial charge in [-0.05, 0) is 29.3 Å². The predicted molar refractivity (Wildman–Crippen MR) is 102 cm³/mol. The molecular weight excluding hydrogens is 426 g/mol. The Morgan fingerprint density at radius 3 is 2.57 bits per heavy atom. The molecule has 30 heavy (non-hydrogen) atoms. The Morgan fingerprint density at radius 1 is 1.13 bits per heavy atom. The molecule has 0 radical (unpaired) electrons. The van der Waals surface area contributed by atoms with Gasteiger partial charge in [0.15, 0.2) is 11.3 Å². The molecule has 3 heterocycles. The van der Waals surface area contributed by atoms with Crippen molar-refractivity contribution < 1.29 is 17.6 Å². The quantitative estimate of drug-likeness (QED) is 0.356. The third-order valence-electron chi connectivity index (χ3n) is 4.36. The van der Waals surface area contributed by atoms with Crippen LogP contribution in [0.4, 0.5) is 23.4 Å². The van der Waals surface area contributed by atoms with Crippen molar-refractivity contribution in [2.45, 2.75) is 12.7 Å². The fourth-order valence-corrected chi connectivity index (χ4v) is 3.09. The first kappa shape index (κ1) is 20.1. The largest absolute Gasteiger partial charge is 0.435 e. The van der Waals surface area contributed by atoms with Crippen LogP contribution in [0.3, 0.4) is 0 Å². The molecule has 0 spiro atoms. The van der Waals surface area contributed by atoms with Gasteiger partial charge in [-0.25, -0.2) is 18.7 Å². The molecule has 1 aromatic carbocycles. The van der Waals surface area contributed by atoms with Crippen LogP contribution in [0.5, 0.6) is 0 Å². The van der Waals surface area contributed by atoms with Gasteiger partial charge < -0.3 is 4.90 Å². The molecule has 0 N–H and O–H groups in total. The van der Waals surface area contributed by atoms with Gasteiger partial charge in [0.1, 0.15) is 17.3 Å². The van der Waals surface area contributed by atoms with E-state index in [0.717, 1.165) is 10.7 Å². The van der Waals surface area contributed by atoms with E-state index < -0.39 is 17.7 Å². The number of nitrogens with zero attached hydrogens (tertiary/aromatic N) is 7. The summed E-state index contributed by atoms with van der Waals surface area (Å²) in [6.45, 7) is 0.182. The molecule has 0 saturated carbocycles. The lowest BCUT2D eigenvalue weighted by atomic mass is 10.2. The van der Waals surface area contributed by atoms with Crippen molar-refractivity contribution in [1.82, 2.24) is 29.5 Å². The highest BCUT2D eigenvalue weighted by atomic mass is 35.5. The summed E-state index contributed by atoms with van der Waals surface area (Å²) in [5.41, 5.74) is -0.190. The molecule has 0 aliphatic heterocycles. The maximum Gasteiger partial charge on any atom is 0.435 e. The minimum atomic E-state index is -4.64. The lowest BCUT2D eigenvalue weighted by Gasteiger charge is -2.15. The highest BCUT2D eigenvalue weighted by Gasteiger charge is 2.35. The van der Waals surface area contributed by atoms with Crippen molar-refractivity contribution in [3.63, 3.8) is 0 Å². The van der Waals surface area contributed by atoms with Gasteiger partial charge in [-0.15, -0.1) is 0 Å². The number of hydrogen-bond acceptors (Lipinski definition) is 5. The molecule has 0 aliphatic rings. The zero-order chi connectivity index (χ0) is 21.6. The second-order valence-electron chi connectivity index (χ2n) is 6.70. The first-order valence-electron chi connectivity index (χ1n) is 8.61. The average Bonchev–Trinajstić information content (AvgIpc) is 3.27. The molecule has 4 aromatic rings. The Labute approximate surface area is 172 Å². The van der Waals surface area contributed by atoms with Crippen molar-refractivity contribution >= 4 is 28.5 Å². The monoisotopic (exact) mass is 439 g/mol. The molecule has 7 nitrogen and oxygen atoms in total. The normalized spacial score (nSPS) is 12.0. The SMILES string of the molecule is CN(C)c1cc(C(F)(F)F)nn1-c1ccc(Cn2ncc3cnc(Cl)nc32)cc1F. The smallest absolute Gasteiger partial charge is 0.363 e. The number of aromatic nitrogens is 6. The van der Waals surface area contributed by atoms with Gasteiger partial charge in [0.25, 0.3) is 0 Å². The number of halogens is 5. The van der Waals surface area contributed by atoms with E-state index in [9.17, 15) is 17.6 Å². The Kier molecular flexibility index (Phi) is 4.85. The lowest BCUT2D eigenvalue weighted by Crippen LogP contribution is -2.15. The number of anilines is 1. The van der Waals surface area contributed by atoms with Gasteiger partial charge in [0.05, 0.1) is 18.1 Å². The molecule has 0 bridgehead atoms. The highest BCUT2D eigenvalue weighted by molar-refractivity contribution is 6.28. The van der Waals surface area contributed by atoms with Crippen molar-refractivity contribution in [2.75, 3.05) is 19.0 Å². The van der Waals surface area contributed by atoms with E-state index in [2.05, 4.69) is 20.2 Å². The molecule has 0 amide bonds. The van der Waals surface area contributed by atoms with Crippen molar-refractivity contribution in [3.05, 3.63) is 59.0 Å². The van der Waals surface area contributed by atoms with Crippen molar-refractivity contribution in [2.24, 2.45) is 0 Å². The van der Waals surface area contributed by atoms with Gasteiger partial charge in [-0.1, -0.05) is 6.07 Å². The molecule has 0 fully saturated rings. The topological polar surface area (TPSA) is 64.7 Å². The number of hydrogen-bond donors (Lipinski definition) is 0. The lowest BCUT2D eigenvalue weighted by molar-refractivity contribution is -0.141. The fourth-order valence-electron chi connectivity index (χ4n) is 2.96. The number of benzene rings is 1. The number of alkyl halides is 3. The van der Waals surface area contributed by atoms with Crippen LogP contribution in [-0.2, 0) is 12.7 Å². The van der Waals surface area contributed by atoms with E-state index >= 15 is 0 Å². The minimum Gasteiger partial charge on any atom is -0.363 e. The summed E-state index contributed by atoms with van der Waals surface area (Å²) < 4.78 is 56.5. The van der Waals surface area contributed by atoms with E-state index in [0.29, 0.717) is 16.6 Å². The zero-order valence-corrected chi connectivity index (χ0v) is 16.4. The van der Waals surface area contributed by atoms with Gasteiger partial charge in [0.2, 0.25) is 5.28 Å². The fraction of sp³-hybridized carbons (Fsp3) is 0.222. The van der Waals surface area contributed by atoms with Crippen molar-refractivity contribution in [1.29, 1.82) is 0 Å². The van der Waals surface area contributed by atoms with E-state index in [1.165, 1.54) is 27.9 Å². The van der Waals surface area contributed by atoms with Crippen LogP contribution < -0.4 is 4.90 Å². The van der Waals surface area contributed by atoms with Gasteiger partial charge in [-0.3, -0.25) is 0 Å². The number of fused-ring (bicyclic) bond motifs is 1. The summed E-state index contributed by atoms with van der Waals surface area (Å²) >= 11 is 5.82. The zero-order valence-electron chi connectivity index (χ0n) is 15.7. The molecule has 0 aliphatic carbocycles. The maximum atomic E-state index is 14.9. The summed E-state index contributed by atoms with van der Waals surface area (Å²) in [5, 5.41) is 8.47. The first-order valence-corrected chi connectivity index (χ1v) is 8.99. The molecule has 156 valence electrons. The van der Waals surface area contributed by atoms with E-state index in [-0.39, 0.29) is 23.3 Å². The summed E-state index contributed by atoms with van der Waals surface area (Å²) in [4.78, 5) is 9.41. The molecule has 0 atom stereocenters. The van der Waals surface area contributed by atoms with E-state index in [4.69, 9.17) is 11.6 Å². The van der Waals surface area contributed by atoms with Crippen LogP contribution in [0.2, 0.25) is 5.28 Å². The Hall–Kier alpha value is -3.21. The van der Waals surface area contributed by atoms with Crippen LogP contribution in [-0.4, -0.2) is 43.6 Å². The van der Waals surface area contributed by atoms with Crippen LogP contribution in [0, 0.1) is 5.82 Å². The molecule has 4 rings (SSSR count).